The molecule has 3 nitrogen and oxygen atoms in total. The first-order valence-electron chi connectivity index (χ1n) is 9.19. The molecule has 1 aromatic heterocycles. The third kappa shape index (κ3) is 5.20. The molecule has 3 aromatic rings. The van der Waals surface area contributed by atoms with Crippen molar-refractivity contribution in [3.8, 4) is 5.75 Å². The summed E-state index contributed by atoms with van der Waals surface area (Å²) in [7, 11) is 0. The third-order valence-corrected chi connectivity index (χ3v) is 5.37. The van der Waals surface area contributed by atoms with Crippen molar-refractivity contribution in [3.63, 3.8) is 0 Å². The summed E-state index contributed by atoms with van der Waals surface area (Å²) in [6, 6.07) is 18.2. The molecule has 140 valence electrons. The highest BCUT2D eigenvalue weighted by Gasteiger charge is 2.15. The van der Waals surface area contributed by atoms with Gasteiger partial charge in [-0.15, -0.1) is 11.3 Å². The largest absolute Gasteiger partial charge is 0.489 e. The van der Waals surface area contributed by atoms with Gasteiger partial charge in [0.05, 0.1) is 10.9 Å². The van der Waals surface area contributed by atoms with E-state index >= 15 is 0 Å². The molecule has 0 aliphatic heterocycles. The van der Waals surface area contributed by atoms with E-state index < -0.39 is 0 Å². The van der Waals surface area contributed by atoms with E-state index in [0.29, 0.717) is 11.5 Å². The molecule has 1 heterocycles. The fraction of sp³-hybridized carbons (Fsp3) is 0.261. The molecule has 0 radical (unpaired) electrons. The number of amides is 1. The van der Waals surface area contributed by atoms with Crippen LogP contribution in [-0.2, 0) is 6.61 Å². The molecular weight excluding hydrogens is 354 g/mol. The maximum absolute atomic E-state index is 12.6. The van der Waals surface area contributed by atoms with Crippen molar-refractivity contribution in [1.82, 2.24) is 5.32 Å². The topological polar surface area (TPSA) is 38.3 Å². The second-order valence-electron chi connectivity index (χ2n) is 6.78. The summed E-state index contributed by atoms with van der Waals surface area (Å²) in [6.07, 6.45) is 0.851. The molecule has 0 saturated heterocycles. The van der Waals surface area contributed by atoms with Gasteiger partial charge in [0, 0.05) is 5.56 Å². The van der Waals surface area contributed by atoms with Gasteiger partial charge in [-0.3, -0.25) is 4.79 Å². The van der Waals surface area contributed by atoms with Gasteiger partial charge in [-0.2, -0.15) is 0 Å². The maximum atomic E-state index is 12.6. The number of benzene rings is 2. The predicted molar refractivity (Wildman–Crippen MR) is 112 cm³/mol. The predicted octanol–water partition coefficient (Wildman–Crippen LogP) is 5.83. The number of carbonyl (C=O) groups is 1. The van der Waals surface area contributed by atoms with Crippen molar-refractivity contribution in [3.05, 3.63) is 87.1 Å². The number of ether oxygens (including phenoxy) is 1. The lowest BCUT2D eigenvalue weighted by Crippen LogP contribution is -2.27. The lowest BCUT2D eigenvalue weighted by atomic mass is 10.0. The molecule has 0 fully saturated rings. The Labute approximate surface area is 165 Å². The van der Waals surface area contributed by atoms with Crippen LogP contribution in [0, 0.1) is 13.8 Å². The Balaban J connectivity index is 1.61. The van der Waals surface area contributed by atoms with E-state index in [0.717, 1.165) is 23.3 Å². The molecule has 3 rings (SSSR count). The minimum atomic E-state index is -0.0339. The lowest BCUT2D eigenvalue weighted by Gasteiger charge is -2.16. The Bertz CT molecular complexity index is 882. The molecule has 1 unspecified atom stereocenters. The summed E-state index contributed by atoms with van der Waals surface area (Å²) in [5.74, 6) is 0.827. The molecule has 0 bridgehead atoms. The van der Waals surface area contributed by atoms with Crippen LogP contribution in [0.15, 0.2) is 60.0 Å². The van der Waals surface area contributed by atoms with Gasteiger partial charge in [-0.1, -0.05) is 43.3 Å². The van der Waals surface area contributed by atoms with Crippen LogP contribution in [-0.4, -0.2) is 5.91 Å². The van der Waals surface area contributed by atoms with E-state index in [-0.39, 0.29) is 11.9 Å². The summed E-state index contributed by atoms with van der Waals surface area (Å²) >= 11 is 1.45. The van der Waals surface area contributed by atoms with Gasteiger partial charge < -0.3 is 10.1 Å². The zero-order chi connectivity index (χ0) is 19.2. The number of nitrogens with one attached hydrogen (secondary N) is 1. The van der Waals surface area contributed by atoms with Crippen LogP contribution in [0.3, 0.4) is 0 Å². The highest BCUT2D eigenvalue weighted by molar-refractivity contribution is 7.12. The quantitative estimate of drug-likeness (QED) is 0.561. The first-order chi connectivity index (χ1) is 13.0. The molecule has 0 aliphatic rings. The Morgan fingerprint density at radius 3 is 2.44 bits per heavy atom. The van der Waals surface area contributed by atoms with Crippen LogP contribution in [0.2, 0.25) is 0 Å². The van der Waals surface area contributed by atoms with Crippen LogP contribution in [0.1, 0.15) is 51.3 Å². The number of hydrogen-bond acceptors (Lipinski definition) is 3. The summed E-state index contributed by atoms with van der Waals surface area (Å²) in [5.41, 5.74) is 4.50. The lowest BCUT2D eigenvalue weighted by molar-refractivity contribution is 0.0939. The number of carbonyl (C=O) groups excluding carboxylic acids is 1. The van der Waals surface area contributed by atoms with Crippen LogP contribution in [0.4, 0.5) is 0 Å². The summed E-state index contributed by atoms with van der Waals surface area (Å²) in [5, 5.41) is 5.12. The maximum Gasteiger partial charge on any atom is 0.261 e. The Morgan fingerprint density at radius 1 is 1.07 bits per heavy atom. The Morgan fingerprint density at radius 2 is 1.78 bits per heavy atom. The normalized spacial score (nSPS) is 11.8. The number of aryl methyl sites for hydroxylation is 2. The van der Waals surface area contributed by atoms with Crippen molar-refractivity contribution in [2.24, 2.45) is 0 Å². The number of thiophene rings is 1. The van der Waals surface area contributed by atoms with Crippen LogP contribution >= 0.6 is 11.3 Å². The van der Waals surface area contributed by atoms with Crippen LogP contribution in [0.25, 0.3) is 0 Å². The molecule has 1 atom stereocenters. The van der Waals surface area contributed by atoms with Crippen molar-refractivity contribution in [1.29, 1.82) is 0 Å². The van der Waals surface area contributed by atoms with Gasteiger partial charge in [0.15, 0.2) is 0 Å². The minimum absolute atomic E-state index is 0.0239. The highest BCUT2D eigenvalue weighted by Crippen LogP contribution is 2.22. The molecule has 1 amide bonds. The van der Waals surface area contributed by atoms with E-state index in [4.69, 9.17) is 4.74 Å². The van der Waals surface area contributed by atoms with Crippen molar-refractivity contribution < 1.29 is 9.53 Å². The van der Waals surface area contributed by atoms with Gasteiger partial charge >= 0.3 is 0 Å². The van der Waals surface area contributed by atoms with Crippen LogP contribution in [0.5, 0.6) is 5.75 Å². The average Bonchev–Trinajstić information content (AvgIpc) is 3.13. The van der Waals surface area contributed by atoms with Crippen molar-refractivity contribution in [2.75, 3.05) is 0 Å². The number of hydrogen-bond donors (Lipinski definition) is 1. The highest BCUT2D eigenvalue weighted by atomic mass is 32.1. The van der Waals surface area contributed by atoms with Gasteiger partial charge in [0.1, 0.15) is 12.4 Å². The molecule has 2 aromatic carbocycles. The first kappa shape index (κ1) is 19.2. The smallest absolute Gasteiger partial charge is 0.261 e. The molecule has 0 aliphatic carbocycles. The zero-order valence-electron chi connectivity index (χ0n) is 16.0. The van der Waals surface area contributed by atoms with Crippen molar-refractivity contribution in [2.45, 2.75) is 39.8 Å². The molecule has 4 heteroatoms. The van der Waals surface area contributed by atoms with Gasteiger partial charge in [-0.25, -0.2) is 0 Å². The summed E-state index contributed by atoms with van der Waals surface area (Å²) in [4.78, 5) is 13.3. The molecular formula is C23H25NO2S. The van der Waals surface area contributed by atoms with E-state index in [1.807, 2.05) is 53.9 Å². The fourth-order valence-corrected chi connectivity index (χ4v) is 3.89. The average molecular weight is 380 g/mol. The second kappa shape index (κ2) is 8.87. The summed E-state index contributed by atoms with van der Waals surface area (Å²) in [6.45, 7) is 6.66. The fourth-order valence-electron chi connectivity index (χ4n) is 3.09. The monoisotopic (exact) mass is 379 g/mol. The Hall–Kier alpha value is -2.59. The number of rotatable bonds is 7. The van der Waals surface area contributed by atoms with E-state index in [1.54, 1.807) is 0 Å². The third-order valence-electron chi connectivity index (χ3n) is 4.39. The minimum Gasteiger partial charge on any atom is -0.489 e. The van der Waals surface area contributed by atoms with Crippen LogP contribution < -0.4 is 10.1 Å². The zero-order valence-corrected chi connectivity index (χ0v) is 16.8. The molecule has 0 saturated carbocycles. The van der Waals surface area contributed by atoms with E-state index in [9.17, 15) is 4.79 Å². The van der Waals surface area contributed by atoms with E-state index in [2.05, 4.69) is 32.2 Å². The second-order valence-corrected chi connectivity index (χ2v) is 7.69. The van der Waals surface area contributed by atoms with Crippen molar-refractivity contribution >= 4 is 17.2 Å². The standard InChI is InChI=1S/C23H25NO2S/c1-4-21(19-8-6-5-7-9-19)24-23(25)22-13-18(15-27-22)14-26-20-11-16(2)10-17(3)12-20/h5-13,15,21H,4,14H2,1-3H3,(H,24,25). The first-order valence-corrected chi connectivity index (χ1v) is 10.1. The van der Waals surface area contributed by atoms with Gasteiger partial charge in [-0.05, 0) is 60.5 Å². The Kier molecular flexibility index (Phi) is 6.30. The van der Waals surface area contributed by atoms with E-state index in [1.165, 1.54) is 22.5 Å². The summed E-state index contributed by atoms with van der Waals surface area (Å²) < 4.78 is 5.89. The molecule has 1 N–H and O–H groups in total. The molecule has 0 spiro atoms. The van der Waals surface area contributed by atoms with Gasteiger partial charge in [0.25, 0.3) is 5.91 Å². The molecule has 27 heavy (non-hydrogen) atoms. The SMILES string of the molecule is CCC(NC(=O)c1cc(COc2cc(C)cc(C)c2)cs1)c1ccccc1. The van der Waals surface area contributed by atoms with Gasteiger partial charge in [0.2, 0.25) is 0 Å².